The molecule has 6 heteroatoms. The van der Waals surface area contributed by atoms with Crippen molar-refractivity contribution in [2.75, 3.05) is 33.3 Å². The zero-order chi connectivity index (χ0) is 18.3. The summed E-state index contributed by atoms with van der Waals surface area (Å²) in [7, 11) is 1.80. The van der Waals surface area contributed by atoms with Crippen molar-refractivity contribution in [2.45, 2.75) is 18.9 Å². The Morgan fingerprint density at radius 3 is 2.73 bits per heavy atom. The molecular weight excluding hydrogens is 348 g/mol. The van der Waals surface area contributed by atoms with Crippen molar-refractivity contribution in [3.8, 4) is 10.4 Å². The summed E-state index contributed by atoms with van der Waals surface area (Å²) in [5.41, 5.74) is 1.85. The van der Waals surface area contributed by atoms with Crippen LogP contribution in [-0.2, 0) is 9.53 Å². The molecule has 4 rings (SSSR count). The molecule has 2 saturated heterocycles. The van der Waals surface area contributed by atoms with Gasteiger partial charge >= 0.3 is 0 Å². The average Bonchev–Trinajstić information content (AvgIpc) is 3.23. The van der Waals surface area contributed by atoms with Crippen molar-refractivity contribution in [3.05, 3.63) is 46.8 Å². The average molecular weight is 370 g/mol. The predicted octanol–water partition coefficient (Wildman–Crippen LogP) is 2.80. The van der Waals surface area contributed by atoms with E-state index < -0.39 is 5.60 Å². The van der Waals surface area contributed by atoms with Crippen LogP contribution in [0.3, 0.4) is 0 Å². The minimum atomic E-state index is -0.410. The van der Waals surface area contributed by atoms with Gasteiger partial charge in [0.1, 0.15) is 12.2 Å². The van der Waals surface area contributed by atoms with Gasteiger partial charge in [0.2, 0.25) is 5.91 Å². The Bertz CT molecular complexity index is 848. The van der Waals surface area contributed by atoms with Crippen molar-refractivity contribution in [1.82, 2.24) is 9.80 Å². The standard InChI is InChI=1S/C20H22N2O3S/c1-14-10-16(26-18(14)15-6-4-3-5-7-15)19(24)22-9-8-20(13-22)12-21(2)17(23)11-25-20/h3-7,10H,8-9,11-13H2,1-2H3/t20-/m0/s1. The summed E-state index contributed by atoms with van der Waals surface area (Å²) in [5.74, 6) is 0.0575. The summed E-state index contributed by atoms with van der Waals surface area (Å²) in [5, 5.41) is 0. The molecule has 0 unspecified atom stereocenters. The summed E-state index contributed by atoms with van der Waals surface area (Å²) < 4.78 is 5.84. The molecule has 0 aliphatic carbocycles. The fourth-order valence-corrected chi connectivity index (χ4v) is 4.92. The SMILES string of the molecule is Cc1cc(C(=O)N2CC[C@]3(CN(C)C(=O)CO3)C2)sc1-c1ccccc1. The number of amides is 2. The summed E-state index contributed by atoms with van der Waals surface area (Å²) in [6, 6.07) is 12.1. The van der Waals surface area contributed by atoms with Crippen LogP contribution in [0.1, 0.15) is 21.7 Å². The Morgan fingerprint density at radius 2 is 2.00 bits per heavy atom. The molecule has 0 saturated carbocycles. The van der Waals surface area contributed by atoms with Gasteiger partial charge in [0, 0.05) is 18.5 Å². The lowest BCUT2D eigenvalue weighted by molar-refractivity contribution is -0.158. The molecule has 5 nitrogen and oxygen atoms in total. The quantitative estimate of drug-likeness (QED) is 0.817. The maximum atomic E-state index is 13.0. The number of carbonyl (C=O) groups is 2. The maximum absolute atomic E-state index is 13.0. The van der Waals surface area contributed by atoms with E-state index in [0.717, 1.165) is 27.3 Å². The molecule has 1 atom stereocenters. The first-order valence-corrected chi connectivity index (χ1v) is 9.62. The van der Waals surface area contributed by atoms with E-state index in [1.54, 1.807) is 23.3 Å². The van der Waals surface area contributed by atoms with Crippen LogP contribution < -0.4 is 0 Å². The highest BCUT2D eigenvalue weighted by Crippen LogP contribution is 2.35. The second kappa shape index (κ2) is 6.52. The maximum Gasteiger partial charge on any atom is 0.264 e. The molecule has 1 aromatic heterocycles. The van der Waals surface area contributed by atoms with Gasteiger partial charge in [-0.15, -0.1) is 11.3 Å². The monoisotopic (exact) mass is 370 g/mol. The van der Waals surface area contributed by atoms with Crippen LogP contribution in [-0.4, -0.2) is 60.5 Å². The molecule has 0 radical (unpaired) electrons. The molecule has 2 aromatic rings. The molecule has 2 aliphatic heterocycles. The highest BCUT2D eigenvalue weighted by atomic mass is 32.1. The third-order valence-corrected chi connectivity index (χ3v) is 6.50. The van der Waals surface area contributed by atoms with Gasteiger partial charge in [-0.05, 0) is 30.5 Å². The van der Waals surface area contributed by atoms with E-state index in [2.05, 4.69) is 12.1 Å². The van der Waals surface area contributed by atoms with E-state index in [0.29, 0.717) is 19.6 Å². The molecule has 2 fully saturated rings. The van der Waals surface area contributed by atoms with Crippen LogP contribution in [0, 0.1) is 6.92 Å². The number of likely N-dealkylation sites (N-methyl/N-ethyl adjacent to an activating group) is 1. The molecule has 3 heterocycles. The van der Waals surface area contributed by atoms with Gasteiger partial charge in [-0.3, -0.25) is 9.59 Å². The predicted molar refractivity (Wildman–Crippen MR) is 101 cm³/mol. The van der Waals surface area contributed by atoms with Crippen LogP contribution in [0.25, 0.3) is 10.4 Å². The lowest BCUT2D eigenvalue weighted by Gasteiger charge is -2.38. The van der Waals surface area contributed by atoms with Crippen LogP contribution in [0.2, 0.25) is 0 Å². The van der Waals surface area contributed by atoms with Crippen LogP contribution in [0.4, 0.5) is 0 Å². The molecule has 0 bridgehead atoms. The van der Waals surface area contributed by atoms with Crippen molar-refractivity contribution in [2.24, 2.45) is 0 Å². The first kappa shape index (κ1) is 17.2. The summed E-state index contributed by atoms with van der Waals surface area (Å²) >= 11 is 1.55. The van der Waals surface area contributed by atoms with Crippen molar-refractivity contribution < 1.29 is 14.3 Å². The van der Waals surface area contributed by atoms with E-state index in [-0.39, 0.29) is 18.4 Å². The topological polar surface area (TPSA) is 49.9 Å². The lowest BCUT2D eigenvalue weighted by Crippen LogP contribution is -2.54. The highest BCUT2D eigenvalue weighted by Gasteiger charge is 2.45. The smallest absolute Gasteiger partial charge is 0.264 e. The van der Waals surface area contributed by atoms with E-state index >= 15 is 0 Å². The first-order chi connectivity index (χ1) is 12.5. The van der Waals surface area contributed by atoms with Gasteiger partial charge in [-0.1, -0.05) is 30.3 Å². The fourth-order valence-electron chi connectivity index (χ4n) is 3.78. The molecule has 26 heavy (non-hydrogen) atoms. The van der Waals surface area contributed by atoms with Crippen molar-refractivity contribution in [3.63, 3.8) is 0 Å². The van der Waals surface area contributed by atoms with Gasteiger partial charge < -0.3 is 14.5 Å². The Balaban J connectivity index is 1.52. The number of ether oxygens (including phenoxy) is 1. The molecule has 136 valence electrons. The second-order valence-electron chi connectivity index (χ2n) is 7.19. The highest BCUT2D eigenvalue weighted by molar-refractivity contribution is 7.17. The molecule has 0 N–H and O–H groups in total. The second-order valence-corrected chi connectivity index (χ2v) is 8.24. The molecular formula is C20H22N2O3S. The number of rotatable bonds is 2. The van der Waals surface area contributed by atoms with Gasteiger partial charge in [0.25, 0.3) is 5.91 Å². The summed E-state index contributed by atoms with van der Waals surface area (Å²) in [6.07, 6.45) is 0.770. The van der Waals surface area contributed by atoms with E-state index in [4.69, 9.17) is 4.74 Å². The Hall–Kier alpha value is -2.18. The first-order valence-electron chi connectivity index (χ1n) is 8.80. The molecule has 2 amide bonds. The van der Waals surface area contributed by atoms with Crippen molar-refractivity contribution >= 4 is 23.2 Å². The van der Waals surface area contributed by atoms with Crippen LogP contribution in [0.15, 0.2) is 36.4 Å². The van der Waals surface area contributed by atoms with Gasteiger partial charge in [0.05, 0.1) is 18.0 Å². The normalized spacial score (nSPS) is 23.1. The van der Waals surface area contributed by atoms with E-state index in [9.17, 15) is 9.59 Å². The van der Waals surface area contributed by atoms with Gasteiger partial charge in [-0.2, -0.15) is 0 Å². The Labute approximate surface area is 157 Å². The minimum Gasteiger partial charge on any atom is -0.361 e. The summed E-state index contributed by atoms with van der Waals surface area (Å²) in [6.45, 7) is 3.91. The lowest BCUT2D eigenvalue weighted by atomic mass is 10.0. The van der Waals surface area contributed by atoms with Crippen molar-refractivity contribution in [1.29, 1.82) is 0 Å². The number of aryl methyl sites for hydroxylation is 1. The number of likely N-dealkylation sites (tertiary alicyclic amines) is 1. The number of hydrogen-bond acceptors (Lipinski definition) is 4. The number of carbonyl (C=O) groups excluding carboxylic acids is 2. The number of benzene rings is 1. The number of thiophene rings is 1. The number of nitrogens with zero attached hydrogens (tertiary/aromatic N) is 2. The summed E-state index contributed by atoms with van der Waals surface area (Å²) in [4.78, 5) is 30.2. The number of hydrogen-bond donors (Lipinski definition) is 0. The molecule has 2 aliphatic rings. The van der Waals surface area contributed by atoms with Gasteiger partial charge in [-0.25, -0.2) is 0 Å². The zero-order valence-electron chi connectivity index (χ0n) is 15.0. The third-order valence-electron chi connectivity index (χ3n) is 5.22. The Morgan fingerprint density at radius 1 is 1.23 bits per heavy atom. The van der Waals surface area contributed by atoms with Crippen LogP contribution >= 0.6 is 11.3 Å². The zero-order valence-corrected chi connectivity index (χ0v) is 15.8. The van der Waals surface area contributed by atoms with E-state index in [1.807, 2.05) is 36.1 Å². The fraction of sp³-hybridized carbons (Fsp3) is 0.400. The van der Waals surface area contributed by atoms with E-state index in [1.165, 1.54) is 0 Å². The van der Waals surface area contributed by atoms with Gasteiger partial charge in [0.15, 0.2) is 0 Å². The molecule has 1 aromatic carbocycles. The largest absolute Gasteiger partial charge is 0.361 e. The molecule has 1 spiro atoms. The van der Waals surface area contributed by atoms with Crippen LogP contribution in [0.5, 0.6) is 0 Å². The minimum absolute atomic E-state index is 0.00165. The number of morpholine rings is 1. The Kier molecular flexibility index (Phi) is 4.32. The third kappa shape index (κ3) is 3.04.